The minimum Gasteiger partial charge on any atom is -0.494 e. The van der Waals surface area contributed by atoms with Crippen LogP contribution in [0.5, 0.6) is 5.75 Å². The van der Waals surface area contributed by atoms with E-state index in [1.54, 1.807) is 7.11 Å². The number of ether oxygens (including phenoxy) is 2. The van der Waals surface area contributed by atoms with Gasteiger partial charge in [0.05, 0.1) is 27.8 Å². The minimum atomic E-state index is -0.788. The maximum absolute atomic E-state index is 12.0. The SMILES string of the molecule is COC(=O)C(Cc1c(Br)[nH]c2cc(Br)c(OC)c(Br)c12)NC(C)=O. The first kappa shape index (κ1) is 19.3. The Morgan fingerprint density at radius 1 is 1.29 bits per heavy atom. The van der Waals surface area contributed by atoms with Crippen molar-refractivity contribution in [2.24, 2.45) is 0 Å². The molecule has 2 rings (SSSR count). The lowest BCUT2D eigenvalue weighted by molar-refractivity contribution is -0.144. The van der Waals surface area contributed by atoms with Crippen molar-refractivity contribution in [3.63, 3.8) is 0 Å². The summed E-state index contributed by atoms with van der Waals surface area (Å²) in [7, 11) is 2.87. The van der Waals surface area contributed by atoms with Gasteiger partial charge >= 0.3 is 5.97 Å². The summed E-state index contributed by atoms with van der Waals surface area (Å²) >= 11 is 10.5. The predicted octanol–water partition coefficient (Wildman–Crippen LogP) is 3.68. The third kappa shape index (κ3) is 3.78. The highest BCUT2D eigenvalue weighted by molar-refractivity contribution is 9.11. The van der Waals surface area contributed by atoms with Crippen molar-refractivity contribution < 1.29 is 19.1 Å². The summed E-state index contributed by atoms with van der Waals surface area (Å²) in [6.45, 7) is 1.36. The molecule has 2 N–H and O–H groups in total. The molecule has 1 atom stereocenters. The molecule has 1 amide bonds. The van der Waals surface area contributed by atoms with Crippen LogP contribution in [0.15, 0.2) is 19.6 Å². The van der Waals surface area contributed by atoms with Crippen LogP contribution in [0.2, 0.25) is 0 Å². The van der Waals surface area contributed by atoms with Gasteiger partial charge in [0.1, 0.15) is 11.8 Å². The van der Waals surface area contributed by atoms with E-state index in [0.29, 0.717) is 5.75 Å². The molecule has 24 heavy (non-hydrogen) atoms. The van der Waals surface area contributed by atoms with Gasteiger partial charge in [0.25, 0.3) is 0 Å². The van der Waals surface area contributed by atoms with E-state index in [1.807, 2.05) is 6.07 Å². The first-order valence-corrected chi connectivity index (χ1v) is 9.25. The van der Waals surface area contributed by atoms with Crippen molar-refractivity contribution in [2.45, 2.75) is 19.4 Å². The number of carbonyl (C=O) groups excluding carboxylic acids is 2. The van der Waals surface area contributed by atoms with Crippen molar-refractivity contribution in [3.05, 3.63) is 25.2 Å². The van der Waals surface area contributed by atoms with E-state index >= 15 is 0 Å². The Kier molecular flexibility index (Phi) is 6.33. The molecule has 1 unspecified atom stereocenters. The van der Waals surface area contributed by atoms with Crippen LogP contribution in [-0.2, 0) is 20.7 Å². The van der Waals surface area contributed by atoms with Crippen molar-refractivity contribution in [2.75, 3.05) is 14.2 Å². The molecule has 0 aliphatic heterocycles. The smallest absolute Gasteiger partial charge is 0.328 e. The van der Waals surface area contributed by atoms with Crippen molar-refractivity contribution in [1.82, 2.24) is 10.3 Å². The van der Waals surface area contributed by atoms with E-state index in [9.17, 15) is 9.59 Å². The van der Waals surface area contributed by atoms with Crippen LogP contribution in [0, 0.1) is 0 Å². The lowest BCUT2D eigenvalue weighted by Crippen LogP contribution is -2.42. The number of methoxy groups -OCH3 is 2. The third-order valence-corrected chi connectivity index (χ3v) is 5.49. The molecular formula is C15H15Br3N2O4. The second-order valence-electron chi connectivity index (χ2n) is 5.03. The van der Waals surface area contributed by atoms with Gasteiger partial charge in [0, 0.05) is 24.2 Å². The molecule has 0 saturated carbocycles. The minimum absolute atomic E-state index is 0.260. The Morgan fingerprint density at radius 2 is 1.96 bits per heavy atom. The zero-order chi connectivity index (χ0) is 18.0. The van der Waals surface area contributed by atoms with Crippen molar-refractivity contribution >= 4 is 70.6 Å². The van der Waals surface area contributed by atoms with Gasteiger partial charge in [0.15, 0.2) is 0 Å². The van der Waals surface area contributed by atoms with Crippen LogP contribution in [-0.4, -0.2) is 37.1 Å². The first-order valence-electron chi connectivity index (χ1n) is 6.87. The molecule has 0 radical (unpaired) electrons. The topological polar surface area (TPSA) is 80.4 Å². The second kappa shape index (κ2) is 7.88. The van der Waals surface area contributed by atoms with E-state index in [-0.39, 0.29) is 12.3 Å². The molecule has 1 heterocycles. The van der Waals surface area contributed by atoms with Gasteiger partial charge in [0.2, 0.25) is 5.91 Å². The maximum atomic E-state index is 12.0. The van der Waals surface area contributed by atoms with Crippen LogP contribution >= 0.6 is 47.8 Å². The Hall–Kier alpha value is -1.06. The Labute approximate surface area is 164 Å². The monoisotopic (exact) mass is 524 g/mol. The molecule has 0 fully saturated rings. The van der Waals surface area contributed by atoms with Gasteiger partial charge in [-0.3, -0.25) is 4.79 Å². The van der Waals surface area contributed by atoms with Crippen LogP contribution in [0.1, 0.15) is 12.5 Å². The molecule has 0 spiro atoms. The quantitative estimate of drug-likeness (QED) is 0.582. The number of carbonyl (C=O) groups is 2. The number of hydrogen-bond donors (Lipinski definition) is 2. The van der Waals surface area contributed by atoms with Crippen LogP contribution in [0.25, 0.3) is 10.9 Å². The normalized spacial score (nSPS) is 12.1. The van der Waals surface area contributed by atoms with Gasteiger partial charge in [-0.2, -0.15) is 0 Å². The molecule has 6 nitrogen and oxygen atoms in total. The molecule has 2 aromatic rings. The van der Waals surface area contributed by atoms with Crippen LogP contribution in [0.4, 0.5) is 0 Å². The van der Waals surface area contributed by atoms with Crippen molar-refractivity contribution in [3.8, 4) is 5.75 Å². The van der Waals surface area contributed by atoms with Gasteiger partial charge in [-0.15, -0.1) is 0 Å². The molecule has 0 aliphatic carbocycles. The Balaban J connectivity index is 2.56. The summed E-state index contributed by atoms with van der Waals surface area (Å²) in [6, 6.07) is 1.10. The maximum Gasteiger partial charge on any atom is 0.328 e. The van der Waals surface area contributed by atoms with E-state index in [1.165, 1.54) is 14.0 Å². The van der Waals surface area contributed by atoms with E-state index in [4.69, 9.17) is 9.47 Å². The number of benzene rings is 1. The lowest BCUT2D eigenvalue weighted by Gasteiger charge is -2.16. The number of fused-ring (bicyclic) bond motifs is 1. The number of H-pyrrole nitrogens is 1. The van der Waals surface area contributed by atoms with Gasteiger partial charge < -0.3 is 19.8 Å². The lowest BCUT2D eigenvalue weighted by atomic mass is 10.0. The fourth-order valence-electron chi connectivity index (χ4n) is 2.46. The van der Waals surface area contributed by atoms with Crippen molar-refractivity contribution in [1.29, 1.82) is 0 Å². The highest BCUT2D eigenvalue weighted by Crippen LogP contribution is 2.43. The molecule has 0 bridgehead atoms. The van der Waals surface area contributed by atoms with E-state index in [2.05, 4.69) is 58.1 Å². The summed E-state index contributed by atoms with van der Waals surface area (Å²) in [5.41, 5.74) is 1.68. The molecule has 0 aliphatic rings. The molecule has 1 aromatic heterocycles. The highest BCUT2D eigenvalue weighted by atomic mass is 79.9. The molecule has 0 saturated heterocycles. The molecule has 1 aromatic carbocycles. The number of halogens is 3. The summed E-state index contributed by atoms with van der Waals surface area (Å²) in [4.78, 5) is 26.6. The zero-order valence-electron chi connectivity index (χ0n) is 13.1. The molecule has 9 heteroatoms. The predicted molar refractivity (Wildman–Crippen MR) is 101 cm³/mol. The summed E-state index contributed by atoms with van der Waals surface area (Å²) in [5.74, 6) is -0.170. The van der Waals surface area contributed by atoms with Gasteiger partial charge in [-0.05, 0) is 59.4 Å². The Morgan fingerprint density at radius 3 is 2.50 bits per heavy atom. The Bertz CT molecular complexity index is 804. The number of rotatable bonds is 5. The van der Waals surface area contributed by atoms with E-state index < -0.39 is 12.0 Å². The standard InChI is InChI=1S/C15H15Br3N2O4/c1-6(21)19-10(15(22)24-3)4-7-11-9(20-14(7)18)5-8(16)13(23-2)12(11)17/h5,10,20H,4H2,1-3H3,(H,19,21). The van der Waals surface area contributed by atoms with E-state index in [0.717, 1.165) is 30.0 Å². The summed E-state index contributed by atoms with van der Waals surface area (Å²) in [6.07, 6.45) is 0.260. The second-order valence-corrected chi connectivity index (χ2v) is 7.47. The van der Waals surface area contributed by atoms with Gasteiger partial charge in [-0.1, -0.05) is 0 Å². The zero-order valence-corrected chi connectivity index (χ0v) is 17.9. The molecular weight excluding hydrogens is 512 g/mol. The summed E-state index contributed by atoms with van der Waals surface area (Å²) < 4.78 is 12.4. The largest absolute Gasteiger partial charge is 0.494 e. The number of aromatic amines is 1. The number of hydrogen-bond acceptors (Lipinski definition) is 4. The number of amides is 1. The molecule has 130 valence electrons. The third-order valence-electron chi connectivity index (χ3n) is 3.46. The number of esters is 1. The number of nitrogens with one attached hydrogen (secondary N) is 2. The fourth-order valence-corrected chi connectivity index (χ4v) is 4.72. The fraction of sp³-hybridized carbons (Fsp3) is 0.333. The summed E-state index contributed by atoms with van der Waals surface area (Å²) in [5, 5.41) is 3.48. The highest BCUT2D eigenvalue weighted by Gasteiger charge is 2.26. The number of aromatic nitrogens is 1. The van der Waals surface area contributed by atoms with Crippen LogP contribution in [0.3, 0.4) is 0 Å². The van der Waals surface area contributed by atoms with Crippen LogP contribution < -0.4 is 10.1 Å². The average Bonchev–Trinajstić information content (AvgIpc) is 2.81. The van der Waals surface area contributed by atoms with Gasteiger partial charge in [-0.25, -0.2) is 4.79 Å². The first-order chi connectivity index (χ1) is 11.3. The average molecular weight is 527 g/mol.